The van der Waals surface area contributed by atoms with E-state index in [-0.39, 0.29) is 24.3 Å². The van der Waals surface area contributed by atoms with Crippen LogP contribution in [-0.4, -0.2) is 36.5 Å². The fourth-order valence-corrected chi connectivity index (χ4v) is 3.87. The number of benzene rings is 1. The summed E-state index contributed by atoms with van der Waals surface area (Å²) in [5.41, 5.74) is 3.58. The zero-order chi connectivity index (χ0) is 18.8. The average Bonchev–Trinajstić information content (AvgIpc) is 3.07. The first-order valence-corrected chi connectivity index (χ1v) is 9.38. The molecule has 1 aromatic carbocycles. The maximum atomic E-state index is 12.7. The molecule has 1 aromatic heterocycles. The Labute approximate surface area is 158 Å². The number of amides is 2. The molecule has 1 aliphatic heterocycles. The molecule has 2 aliphatic rings. The van der Waals surface area contributed by atoms with Crippen LogP contribution in [0.25, 0.3) is 0 Å². The van der Waals surface area contributed by atoms with Crippen LogP contribution < -0.4 is 15.0 Å². The van der Waals surface area contributed by atoms with E-state index in [0.29, 0.717) is 17.9 Å². The zero-order valence-electron chi connectivity index (χ0n) is 15.4. The Bertz CT molecular complexity index is 881. The largest absolute Gasteiger partial charge is 0.495 e. The summed E-state index contributed by atoms with van der Waals surface area (Å²) >= 11 is 0. The Balaban J connectivity index is 1.46. The summed E-state index contributed by atoms with van der Waals surface area (Å²) < 4.78 is 5.36. The third kappa shape index (κ3) is 3.52. The second kappa shape index (κ2) is 7.39. The molecule has 6 nitrogen and oxygen atoms in total. The molecule has 2 heterocycles. The first-order valence-electron chi connectivity index (χ1n) is 9.38. The molecular weight excluding hydrogens is 342 g/mol. The minimum Gasteiger partial charge on any atom is -0.495 e. The summed E-state index contributed by atoms with van der Waals surface area (Å²) in [5.74, 6) is 0.459. The molecule has 4 rings (SSSR count). The molecule has 0 saturated carbocycles. The number of nitrogens with one attached hydrogen (secondary N) is 1. The standard InChI is InChI=1S/C21H23N3O3/c1-27-19-9-5-4-8-18(19)24-13-16(11-20(24)25)23-21(26)15-10-14-6-2-3-7-17(14)22-12-15/h4-5,8-10,12,16H,2-3,6-7,11,13H2,1H3,(H,23,26)/t16-/m0/s1. The zero-order valence-corrected chi connectivity index (χ0v) is 15.4. The highest BCUT2D eigenvalue weighted by Gasteiger charge is 2.33. The van der Waals surface area contributed by atoms with Crippen LogP contribution in [0.4, 0.5) is 5.69 Å². The van der Waals surface area contributed by atoms with Gasteiger partial charge in [0.15, 0.2) is 0 Å². The number of aromatic nitrogens is 1. The number of rotatable bonds is 4. The van der Waals surface area contributed by atoms with Gasteiger partial charge in [0.05, 0.1) is 24.4 Å². The van der Waals surface area contributed by atoms with Crippen molar-refractivity contribution in [1.82, 2.24) is 10.3 Å². The maximum absolute atomic E-state index is 12.7. The second-order valence-electron chi connectivity index (χ2n) is 7.09. The van der Waals surface area contributed by atoms with Crippen molar-refractivity contribution < 1.29 is 14.3 Å². The summed E-state index contributed by atoms with van der Waals surface area (Å²) in [4.78, 5) is 31.3. The van der Waals surface area contributed by atoms with Crippen molar-refractivity contribution in [2.24, 2.45) is 0 Å². The predicted octanol–water partition coefficient (Wildman–Crippen LogP) is 2.50. The van der Waals surface area contributed by atoms with E-state index in [1.165, 1.54) is 5.56 Å². The van der Waals surface area contributed by atoms with Gasteiger partial charge < -0.3 is 15.0 Å². The number of carbonyl (C=O) groups excluding carboxylic acids is 2. The highest BCUT2D eigenvalue weighted by atomic mass is 16.5. The molecule has 0 bridgehead atoms. The smallest absolute Gasteiger partial charge is 0.253 e. The lowest BCUT2D eigenvalue weighted by atomic mass is 9.95. The van der Waals surface area contributed by atoms with E-state index in [4.69, 9.17) is 4.74 Å². The molecule has 2 aromatic rings. The Hall–Kier alpha value is -2.89. The van der Waals surface area contributed by atoms with Gasteiger partial charge in [0.25, 0.3) is 5.91 Å². The van der Waals surface area contributed by atoms with Crippen LogP contribution in [0, 0.1) is 0 Å². The number of hydrogen-bond acceptors (Lipinski definition) is 4. The van der Waals surface area contributed by atoms with Crippen LogP contribution in [0.3, 0.4) is 0 Å². The number of ether oxygens (including phenoxy) is 1. The van der Waals surface area contributed by atoms with E-state index in [2.05, 4.69) is 10.3 Å². The molecule has 6 heteroatoms. The second-order valence-corrected chi connectivity index (χ2v) is 7.09. The van der Waals surface area contributed by atoms with E-state index in [9.17, 15) is 9.59 Å². The van der Waals surface area contributed by atoms with Gasteiger partial charge >= 0.3 is 0 Å². The number of fused-ring (bicyclic) bond motifs is 1. The number of aryl methyl sites for hydroxylation is 2. The van der Waals surface area contributed by atoms with Crippen molar-refractivity contribution in [3.8, 4) is 5.75 Å². The van der Waals surface area contributed by atoms with Gasteiger partial charge in [-0.2, -0.15) is 0 Å². The molecule has 0 unspecified atom stereocenters. The number of methoxy groups -OCH3 is 1. The van der Waals surface area contributed by atoms with Crippen molar-refractivity contribution in [2.75, 3.05) is 18.6 Å². The lowest BCUT2D eigenvalue weighted by molar-refractivity contribution is -0.117. The Morgan fingerprint density at radius 2 is 2.07 bits per heavy atom. The summed E-state index contributed by atoms with van der Waals surface area (Å²) in [5, 5.41) is 2.99. The van der Waals surface area contributed by atoms with Crippen molar-refractivity contribution in [3.63, 3.8) is 0 Å². The van der Waals surface area contributed by atoms with Gasteiger partial charge in [-0.3, -0.25) is 14.6 Å². The highest BCUT2D eigenvalue weighted by molar-refractivity contribution is 5.99. The normalized spacial score (nSPS) is 18.9. The average molecular weight is 365 g/mol. The van der Waals surface area contributed by atoms with Crippen LogP contribution in [0.2, 0.25) is 0 Å². The third-order valence-corrected chi connectivity index (χ3v) is 5.27. The first-order chi connectivity index (χ1) is 13.2. The Morgan fingerprint density at radius 1 is 1.26 bits per heavy atom. The van der Waals surface area contributed by atoms with Crippen molar-refractivity contribution >= 4 is 17.5 Å². The van der Waals surface area contributed by atoms with Gasteiger partial charge in [-0.05, 0) is 49.4 Å². The lowest BCUT2D eigenvalue weighted by Crippen LogP contribution is -2.37. The lowest BCUT2D eigenvalue weighted by Gasteiger charge is -2.20. The fraction of sp³-hybridized carbons (Fsp3) is 0.381. The molecule has 0 radical (unpaired) electrons. The molecule has 1 N–H and O–H groups in total. The number of pyridine rings is 1. The van der Waals surface area contributed by atoms with Crippen LogP contribution in [0.1, 0.15) is 40.9 Å². The van der Waals surface area contributed by atoms with E-state index in [0.717, 1.165) is 37.1 Å². The topological polar surface area (TPSA) is 71.5 Å². The molecule has 0 spiro atoms. The van der Waals surface area contributed by atoms with Gasteiger partial charge in [-0.25, -0.2) is 0 Å². The quantitative estimate of drug-likeness (QED) is 0.904. The van der Waals surface area contributed by atoms with E-state index in [1.54, 1.807) is 18.2 Å². The highest BCUT2D eigenvalue weighted by Crippen LogP contribution is 2.31. The molecule has 1 atom stereocenters. The molecule has 1 saturated heterocycles. The minimum absolute atomic E-state index is 0.0200. The Morgan fingerprint density at radius 3 is 2.93 bits per heavy atom. The molecule has 1 fully saturated rings. The van der Waals surface area contributed by atoms with Crippen LogP contribution >= 0.6 is 0 Å². The monoisotopic (exact) mass is 365 g/mol. The van der Waals surface area contributed by atoms with E-state index >= 15 is 0 Å². The van der Waals surface area contributed by atoms with Gasteiger partial charge in [0.2, 0.25) is 5.91 Å². The molecule has 1 aliphatic carbocycles. The van der Waals surface area contributed by atoms with Crippen LogP contribution in [0.5, 0.6) is 5.75 Å². The summed E-state index contributed by atoms with van der Waals surface area (Å²) in [6, 6.07) is 9.14. The van der Waals surface area contributed by atoms with Crippen molar-refractivity contribution in [1.29, 1.82) is 0 Å². The van der Waals surface area contributed by atoms with Gasteiger partial charge in [0.1, 0.15) is 5.75 Å². The summed E-state index contributed by atoms with van der Waals surface area (Å²) in [7, 11) is 1.59. The van der Waals surface area contributed by atoms with Gasteiger partial charge in [-0.15, -0.1) is 0 Å². The van der Waals surface area contributed by atoms with Crippen LogP contribution in [-0.2, 0) is 17.6 Å². The molecule has 27 heavy (non-hydrogen) atoms. The third-order valence-electron chi connectivity index (χ3n) is 5.27. The van der Waals surface area contributed by atoms with Crippen molar-refractivity contribution in [2.45, 2.75) is 38.1 Å². The van der Waals surface area contributed by atoms with E-state index in [1.807, 2.05) is 30.3 Å². The van der Waals surface area contributed by atoms with Gasteiger partial charge in [-0.1, -0.05) is 12.1 Å². The van der Waals surface area contributed by atoms with Crippen molar-refractivity contribution in [3.05, 3.63) is 53.3 Å². The SMILES string of the molecule is COc1ccccc1N1C[C@@H](NC(=O)c2cnc3c(c2)CCCC3)CC1=O. The predicted molar refractivity (Wildman–Crippen MR) is 102 cm³/mol. The number of para-hydroxylation sites is 2. The number of hydrogen-bond donors (Lipinski definition) is 1. The first kappa shape index (κ1) is 17.5. The molecular formula is C21H23N3O3. The number of carbonyl (C=O) groups is 2. The Kier molecular flexibility index (Phi) is 4.79. The minimum atomic E-state index is -0.231. The van der Waals surface area contributed by atoms with E-state index < -0.39 is 0 Å². The summed E-state index contributed by atoms with van der Waals surface area (Å²) in [6.45, 7) is 0.434. The molecule has 2 amide bonds. The maximum Gasteiger partial charge on any atom is 0.253 e. The number of anilines is 1. The van der Waals surface area contributed by atoms with Gasteiger partial charge in [0, 0.05) is 24.9 Å². The molecule has 140 valence electrons. The number of nitrogens with zero attached hydrogens (tertiary/aromatic N) is 2. The fourth-order valence-electron chi connectivity index (χ4n) is 3.87. The summed E-state index contributed by atoms with van der Waals surface area (Å²) in [6.07, 6.45) is 6.20. The van der Waals surface area contributed by atoms with Crippen LogP contribution in [0.15, 0.2) is 36.5 Å².